The number of methoxy groups -OCH3 is 1. The highest BCUT2D eigenvalue weighted by Crippen LogP contribution is 2.51. The smallest absolute Gasteiger partial charge is 0.178 e. The van der Waals surface area contributed by atoms with E-state index in [1.165, 1.54) is 38.9 Å². The summed E-state index contributed by atoms with van der Waals surface area (Å²) in [6.45, 7) is 0. The molecule has 3 unspecified atom stereocenters. The van der Waals surface area contributed by atoms with Gasteiger partial charge in [-0.2, -0.15) is 0 Å². The third-order valence-electron chi connectivity index (χ3n) is 5.02. The molecular formula is C15H17FN2OS. The lowest BCUT2D eigenvalue weighted by Crippen LogP contribution is -2.16. The summed E-state index contributed by atoms with van der Waals surface area (Å²) >= 11 is 5.47. The number of aromatic nitrogens is 2. The second-order valence-electron chi connectivity index (χ2n) is 6.05. The van der Waals surface area contributed by atoms with Crippen molar-refractivity contribution in [1.29, 1.82) is 0 Å². The van der Waals surface area contributed by atoms with Crippen molar-refractivity contribution >= 4 is 23.3 Å². The van der Waals surface area contributed by atoms with Gasteiger partial charge >= 0.3 is 0 Å². The second kappa shape index (κ2) is 4.32. The van der Waals surface area contributed by atoms with Crippen LogP contribution in [0, 0.1) is 22.4 Å². The van der Waals surface area contributed by atoms with Gasteiger partial charge in [0.15, 0.2) is 16.3 Å². The highest BCUT2D eigenvalue weighted by Gasteiger charge is 2.41. The minimum absolute atomic E-state index is 0.281. The lowest BCUT2D eigenvalue weighted by atomic mass is 9.95. The molecule has 1 aromatic heterocycles. The molecule has 3 atom stereocenters. The van der Waals surface area contributed by atoms with Crippen LogP contribution in [0.3, 0.4) is 0 Å². The molecule has 1 N–H and O–H groups in total. The van der Waals surface area contributed by atoms with E-state index in [9.17, 15) is 4.39 Å². The molecule has 0 radical (unpaired) electrons. The van der Waals surface area contributed by atoms with Gasteiger partial charge in [0, 0.05) is 18.2 Å². The molecule has 2 aliphatic rings. The molecule has 5 heteroatoms. The fourth-order valence-electron chi connectivity index (χ4n) is 4.14. The van der Waals surface area contributed by atoms with Crippen LogP contribution in [0.5, 0.6) is 5.75 Å². The van der Waals surface area contributed by atoms with Gasteiger partial charge in [0.2, 0.25) is 0 Å². The summed E-state index contributed by atoms with van der Waals surface area (Å²) in [5.74, 6) is 1.50. The van der Waals surface area contributed by atoms with Crippen LogP contribution in [0.2, 0.25) is 0 Å². The number of fused-ring (bicyclic) bond motifs is 3. The van der Waals surface area contributed by atoms with Crippen LogP contribution in [0.1, 0.15) is 31.7 Å². The first-order valence-electron chi connectivity index (χ1n) is 7.15. The molecular weight excluding hydrogens is 275 g/mol. The Kier molecular flexibility index (Phi) is 2.67. The number of ether oxygens (including phenoxy) is 1. The van der Waals surface area contributed by atoms with Crippen molar-refractivity contribution in [3.63, 3.8) is 0 Å². The van der Waals surface area contributed by atoms with E-state index >= 15 is 0 Å². The summed E-state index contributed by atoms with van der Waals surface area (Å²) in [4.78, 5) is 3.14. The number of halogens is 1. The number of nitrogens with zero attached hydrogens (tertiary/aromatic N) is 1. The predicted octanol–water partition coefficient (Wildman–Crippen LogP) is 4.21. The molecule has 0 aliphatic heterocycles. The summed E-state index contributed by atoms with van der Waals surface area (Å²) in [5.41, 5.74) is 1.72. The molecule has 2 bridgehead atoms. The monoisotopic (exact) mass is 292 g/mol. The van der Waals surface area contributed by atoms with Crippen LogP contribution in [0.15, 0.2) is 12.1 Å². The number of hydrogen-bond acceptors (Lipinski definition) is 2. The number of aromatic amines is 1. The number of imidazole rings is 1. The fraction of sp³-hybridized carbons (Fsp3) is 0.533. The van der Waals surface area contributed by atoms with E-state index in [2.05, 4.69) is 9.55 Å². The van der Waals surface area contributed by atoms with Gasteiger partial charge in [-0.15, -0.1) is 0 Å². The topological polar surface area (TPSA) is 29.9 Å². The van der Waals surface area contributed by atoms with E-state index < -0.39 is 0 Å². The van der Waals surface area contributed by atoms with Crippen molar-refractivity contribution in [2.45, 2.75) is 31.7 Å². The maximum atomic E-state index is 13.8. The maximum absolute atomic E-state index is 13.8. The van der Waals surface area contributed by atoms with Crippen LogP contribution in [-0.2, 0) is 0 Å². The first-order valence-corrected chi connectivity index (χ1v) is 7.56. The Morgan fingerprint density at radius 1 is 1.35 bits per heavy atom. The lowest BCUT2D eigenvalue weighted by molar-refractivity contribution is 0.333. The normalized spacial score (nSPS) is 28.4. The largest absolute Gasteiger partial charge is 0.494 e. The van der Waals surface area contributed by atoms with E-state index in [-0.39, 0.29) is 11.6 Å². The van der Waals surface area contributed by atoms with Gasteiger partial charge in [-0.3, -0.25) is 0 Å². The first-order chi connectivity index (χ1) is 9.67. The quantitative estimate of drug-likeness (QED) is 0.840. The van der Waals surface area contributed by atoms with Gasteiger partial charge in [-0.1, -0.05) is 6.42 Å². The van der Waals surface area contributed by atoms with Gasteiger partial charge in [0.25, 0.3) is 0 Å². The Morgan fingerprint density at radius 3 is 2.85 bits per heavy atom. The van der Waals surface area contributed by atoms with Gasteiger partial charge in [0.1, 0.15) is 0 Å². The fourth-order valence-corrected chi connectivity index (χ4v) is 4.48. The summed E-state index contributed by atoms with van der Waals surface area (Å²) in [6.07, 6.45) is 5.17. The van der Waals surface area contributed by atoms with Gasteiger partial charge in [-0.05, 0) is 43.3 Å². The number of nitrogens with one attached hydrogen (secondary N) is 1. The van der Waals surface area contributed by atoms with E-state index in [0.29, 0.717) is 10.8 Å². The van der Waals surface area contributed by atoms with Crippen molar-refractivity contribution in [3.8, 4) is 5.75 Å². The zero-order valence-electron chi connectivity index (χ0n) is 11.4. The molecule has 2 aromatic rings. The molecule has 1 heterocycles. The van der Waals surface area contributed by atoms with Crippen molar-refractivity contribution in [1.82, 2.24) is 9.55 Å². The van der Waals surface area contributed by atoms with E-state index in [1.54, 1.807) is 6.07 Å². The molecule has 20 heavy (non-hydrogen) atoms. The summed E-state index contributed by atoms with van der Waals surface area (Å²) in [7, 11) is 1.49. The first kappa shape index (κ1) is 12.4. The van der Waals surface area contributed by atoms with E-state index in [4.69, 9.17) is 17.0 Å². The molecule has 3 nitrogen and oxygen atoms in total. The standard InChI is InChI=1S/C15H17FN2OS/c1-19-14-7-13-11(6-10(14)16)17-15(20)18(13)12-5-8-2-3-9(12)4-8/h6-9,12H,2-5H2,1H3,(H,17,20). The molecule has 2 fully saturated rings. The minimum Gasteiger partial charge on any atom is -0.494 e. The molecule has 106 valence electrons. The number of hydrogen-bond donors (Lipinski definition) is 1. The SMILES string of the molecule is COc1cc2c(cc1F)[nH]c(=S)n2C1CC2CCC1C2. The lowest BCUT2D eigenvalue weighted by Gasteiger charge is -2.24. The highest BCUT2D eigenvalue weighted by atomic mass is 32.1. The molecule has 0 amide bonds. The third-order valence-corrected chi connectivity index (χ3v) is 5.32. The zero-order valence-corrected chi connectivity index (χ0v) is 12.2. The van der Waals surface area contributed by atoms with Gasteiger partial charge in [0.05, 0.1) is 18.1 Å². The van der Waals surface area contributed by atoms with Crippen molar-refractivity contribution in [2.75, 3.05) is 7.11 Å². The van der Waals surface area contributed by atoms with Crippen LogP contribution in [-0.4, -0.2) is 16.7 Å². The van der Waals surface area contributed by atoms with Crippen molar-refractivity contribution in [2.24, 2.45) is 11.8 Å². The van der Waals surface area contributed by atoms with Crippen LogP contribution >= 0.6 is 12.2 Å². The zero-order chi connectivity index (χ0) is 13.9. The molecule has 1 aromatic carbocycles. The van der Waals surface area contributed by atoms with Gasteiger partial charge < -0.3 is 14.3 Å². The maximum Gasteiger partial charge on any atom is 0.178 e. The van der Waals surface area contributed by atoms with Crippen LogP contribution in [0.4, 0.5) is 4.39 Å². The Bertz CT molecular complexity index is 735. The van der Waals surface area contributed by atoms with E-state index in [0.717, 1.165) is 22.9 Å². The Morgan fingerprint density at radius 2 is 2.20 bits per heavy atom. The number of rotatable bonds is 2. The Hall–Kier alpha value is -1.36. The number of H-pyrrole nitrogens is 1. The highest BCUT2D eigenvalue weighted by molar-refractivity contribution is 7.71. The summed E-state index contributed by atoms with van der Waals surface area (Å²) in [5, 5.41) is 0. The predicted molar refractivity (Wildman–Crippen MR) is 78.1 cm³/mol. The minimum atomic E-state index is -0.351. The molecule has 2 aliphatic carbocycles. The van der Waals surface area contributed by atoms with Crippen molar-refractivity contribution < 1.29 is 9.13 Å². The van der Waals surface area contributed by atoms with Crippen LogP contribution in [0.25, 0.3) is 11.0 Å². The summed E-state index contributed by atoms with van der Waals surface area (Å²) < 4.78 is 21.8. The van der Waals surface area contributed by atoms with Crippen LogP contribution < -0.4 is 4.74 Å². The summed E-state index contributed by atoms with van der Waals surface area (Å²) in [6, 6.07) is 3.71. The Balaban J connectivity index is 1.90. The second-order valence-corrected chi connectivity index (χ2v) is 6.43. The van der Waals surface area contributed by atoms with E-state index in [1.807, 2.05) is 0 Å². The Labute approximate surface area is 121 Å². The van der Waals surface area contributed by atoms with Gasteiger partial charge in [-0.25, -0.2) is 4.39 Å². The average molecular weight is 292 g/mol. The molecule has 0 saturated heterocycles. The molecule has 0 spiro atoms. The van der Waals surface area contributed by atoms with Crippen molar-refractivity contribution in [3.05, 3.63) is 22.7 Å². The number of benzene rings is 1. The molecule has 4 rings (SSSR count). The third kappa shape index (κ3) is 1.65. The molecule has 2 saturated carbocycles. The average Bonchev–Trinajstić information content (AvgIpc) is 3.10.